The number of aryl methyl sites for hydroxylation is 1. The second kappa shape index (κ2) is 9.97. The summed E-state index contributed by atoms with van der Waals surface area (Å²) >= 11 is 0. The number of benzene rings is 2. The molecule has 1 aliphatic rings. The highest BCUT2D eigenvalue weighted by Crippen LogP contribution is 2.25. The molecule has 1 unspecified atom stereocenters. The minimum atomic E-state index is -0.566. The van der Waals surface area contributed by atoms with Gasteiger partial charge in [0.15, 0.2) is 0 Å². The fourth-order valence-electron chi connectivity index (χ4n) is 4.43. The standard InChI is InChI=1S/C25H28N4O4/c1-15-13-17(19-5-2-3-8-22(19)27-15)14-33-18-11-9-16(10-12-18)24(30)28-23-20(25(31)29-32)6-4-7-21(23)26/h2-3,5,8-13,20-21,23,32H,4,6-7,14,26H2,1H3,(H,28,30)(H,29,31)/t20-,21-,23?/m0/s1. The SMILES string of the molecule is Cc1cc(COc2ccc(C(=O)NC3[C@@H](C(=O)NO)CCC[C@@H]3N)cc2)c2ccccc2n1. The second-order valence-corrected chi connectivity index (χ2v) is 8.43. The second-order valence-electron chi connectivity index (χ2n) is 8.43. The summed E-state index contributed by atoms with van der Waals surface area (Å²) in [6.45, 7) is 2.33. The maximum atomic E-state index is 12.8. The van der Waals surface area contributed by atoms with Gasteiger partial charge in [0.05, 0.1) is 17.5 Å². The number of pyridine rings is 1. The molecule has 8 heteroatoms. The quantitative estimate of drug-likeness (QED) is 0.339. The lowest BCUT2D eigenvalue weighted by Gasteiger charge is -2.35. The summed E-state index contributed by atoms with van der Waals surface area (Å²) in [5.74, 6) is -0.783. The molecule has 0 saturated heterocycles. The smallest absolute Gasteiger partial charge is 0.251 e. The highest BCUT2D eigenvalue weighted by molar-refractivity contribution is 5.95. The van der Waals surface area contributed by atoms with Crippen molar-refractivity contribution in [1.82, 2.24) is 15.8 Å². The van der Waals surface area contributed by atoms with Gasteiger partial charge in [0, 0.05) is 28.2 Å². The van der Waals surface area contributed by atoms with Gasteiger partial charge in [0.1, 0.15) is 12.4 Å². The van der Waals surface area contributed by atoms with Crippen molar-refractivity contribution in [3.05, 3.63) is 71.4 Å². The van der Waals surface area contributed by atoms with E-state index >= 15 is 0 Å². The van der Waals surface area contributed by atoms with E-state index in [1.54, 1.807) is 29.7 Å². The molecule has 1 aliphatic carbocycles. The molecule has 3 atom stereocenters. The van der Waals surface area contributed by atoms with Gasteiger partial charge in [0.2, 0.25) is 5.91 Å². The normalized spacial score (nSPS) is 20.3. The minimum absolute atomic E-state index is 0.324. The fraction of sp³-hybridized carbons (Fsp3) is 0.320. The van der Waals surface area contributed by atoms with Crippen LogP contribution in [0.5, 0.6) is 5.75 Å². The summed E-state index contributed by atoms with van der Waals surface area (Å²) in [5, 5.41) is 12.9. The maximum Gasteiger partial charge on any atom is 0.251 e. The summed E-state index contributed by atoms with van der Waals surface area (Å²) in [6, 6.07) is 15.9. The maximum absolute atomic E-state index is 12.8. The third-order valence-electron chi connectivity index (χ3n) is 6.13. The van der Waals surface area contributed by atoms with Gasteiger partial charge in [-0.2, -0.15) is 0 Å². The number of hydrogen-bond donors (Lipinski definition) is 4. The molecule has 8 nitrogen and oxygen atoms in total. The number of rotatable bonds is 6. The molecule has 33 heavy (non-hydrogen) atoms. The van der Waals surface area contributed by atoms with Crippen molar-refractivity contribution < 1.29 is 19.5 Å². The van der Waals surface area contributed by atoms with Crippen LogP contribution in [0.25, 0.3) is 10.9 Å². The molecule has 2 aromatic carbocycles. The zero-order valence-corrected chi connectivity index (χ0v) is 18.5. The number of hydroxylamine groups is 1. The number of ether oxygens (including phenoxy) is 1. The van der Waals surface area contributed by atoms with Gasteiger partial charge in [0.25, 0.3) is 5.91 Å². The van der Waals surface area contributed by atoms with Crippen LogP contribution in [-0.4, -0.2) is 34.1 Å². The zero-order valence-electron chi connectivity index (χ0n) is 18.5. The summed E-state index contributed by atoms with van der Waals surface area (Å²) < 4.78 is 5.96. The van der Waals surface area contributed by atoms with Crippen molar-refractivity contribution in [3.8, 4) is 5.75 Å². The zero-order chi connectivity index (χ0) is 23.4. The van der Waals surface area contributed by atoms with Gasteiger partial charge in [-0.05, 0) is 56.2 Å². The van der Waals surface area contributed by atoms with Crippen LogP contribution in [0, 0.1) is 12.8 Å². The van der Waals surface area contributed by atoms with E-state index in [4.69, 9.17) is 15.7 Å². The molecule has 172 valence electrons. The molecule has 2 amide bonds. The number of amides is 2. The molecule has 0 aliphatic heterocycles. The lowest BCUT2D eigenvalue weighted by molar-refractivity contribution is -0.135. The first-order valence-electron chi connectivity index (χ1n) is 11.0. The van der Waals surface area contributed by atoms with Crippen molar-refractivity contribution in [3.63, 3.8) is 0 Å². The van der Waals surface area contributed by atoms with E-state index in [0.717, 1.165) is 28.6 Å². The monoisotopic (exact) mass is 448 g/mol. The Labute approximate surface area is 192 Å². The molecule has 1 fully saturated rings. The number of hydrogen-bond acceptors (Lipinski definition) is 6. The van der Waals surface area contributed by atoms with Crippen LogP contribution in [-0.2, 0) is 11.4 Å². The summed E-state index contributed by atoms with van der Waals surface area (Å²) in [4.78, 5) is 29.3. The number of nitrogens with two attached hydrogens (primary N) is 1. The fourth-order valence-corrected chi connectivity index (χ4v) is 4.43. The number of aromatic nitrogens is 1. The molecule has 5 N–H and O–H groups in total. The minimum Gasteiger partial charge on any atom is -0.489 e. The third kappa shape index (κ3) is 5.13. The molecule has 1 aromatic heterocycles. The Balaban J connectivity index is 1.42. The predicted molar refractivity (Wildman–Crippen MR) is 124 cm³/mol. The first kappa shape index (κ1) is 22.7. The van der Waals surface area contributed by atoms with E-state index in [-0.39, 0.29) is 11.9 Å². The van der Waals surface area contributed by atoms with E-state index in [0.29, 0.717) is 30.8 Å². The van der Waals surface area contributed by atoms with Crippen LogP contribution < -0.4 is 21.3 Å². The van der Waals surface area contributed by atoms with Crippen molar-refractivity contribution in [2.45, 2.75) is 44.9 Å². The molecule has 0 radical (unpaired) electrons. The Hall–Kier alpha value is -3.49. The number of nitrogens with one attached hydrogen (secondary N) is 2. The molecule has 0 bridgehead atoms. The van der Waals surface area contributed by atoms with Crippen molar-refractivity contribution in [2.24, 2.45) is 11.7 Å². The number of carbonyl (C=O) groups excluding carboxylic acids is 2. The van der Waals surface area contributed by atoms with Crippen molar-refractivity contribution >= 4 is 22.7 Å². The first-order valence-corrected chi connectivity index (χ1v) is 11.0. The Morgan fingerprint density at radius 2 is 1.91 bits per heavy atom. The van der Waals surface area contributed by atoms with Crippen LogP contribution >= 0.6 is 0 Å². The third-order valence-corrected chi connectivity index (χ3v) is 6.13. The van der Waals surface area contributed by atoms with Gasteiger partial charge >= 0.3 is 0 Å². The van der Waals surface area contributed by atoms with Gasteiger partial charge in [-0.3, -0.25) is 19.8 Å². The van der Waals surface area contributed by atoms with Crippen LogP contribution in [0.3, 0.4) is 0 Å². The number of para-hydroxylation sites is 1. The molecular weight excluding hydrogens is 420 g/mol. The van der Waals surface area contributed by atoms with Crippen LogP contribution in [0.1, 0.15) is 40.9 Å². The number of carbonyl (C=O) groups is 2. The van der Waals surface area contributed by atoms with Gasteiger partial charge in [-0.25, -0.2) is 5.48 Å². The van der Waals surface area contributed by atoms with Crippen LogP contribution in [0.4, 0.5) is 0 Å². The average Bonchev–Trinajstić information content (AvgIpc) is 2.83. The Morgan fingerprint density at radius 3 is 2.67 bits per heavy atom. The summed E-state index contributed by atoms with van der Waals surface area (Å²) in [6.07, 6.45) is 2.03. The molecule has 1 heterocycles. The average molecular weight is 449 g/mol. The summed E-state index contributed by atoms with van der Waals surface area (Å²) in [5.41, 5.74) is 11.2. The molecular formula is C25H28N4O4. The Kier molecular flexibility index (Phi) is 6.86. The largest absolute Gasteiger partial charge is 0.489 e. The van der Waals surface area contributed by atoms with E-state index < -0.39 is 17.9 Å². The lowest BCUT2D eigenvalue weighted by Crippen LogP contribution is -2.57. The number of nitrogens with zero attached hydrogens (tertiary/aromatic N) is 1. The summed E-state index contributed by atoms with van der Waals surface area (Å²) in [7, 11) is 0. The van der Waals surface area contributed by atoms with Gasteiger partial charge in [-0.15, -0.1) is 0 Å². The highest BCUT2D eigenvalue weighted by atomic mass is 16.5. The van der Waals surface area contributed by atoms with E-state index in [9.17, 15) is 9.59 Å². The van der Waals surface area contributed by atoms with Crippen LogP contribution in [0.2, 0.25) is 0 Å². The lowest BCUT2D eigenvalue weighted by atomic mass is 9.80. The first-order chi connectivity index (χ1) is 16.0. The topological polar surface area (TPSA) is 127 Å². The highest BCUT2D eigenvalue weighted by Gasteiger charge is 2.36. The van der Waals surface area contributed by atoms with Crippen molar-refractivity contribution in [1.29, 1.82) is 0 Å². The van der Waals surface area contributed by atoms with Gasteiger partial charge < -0.3 is 15.8 Å². The number of fused-ring (bicyclic) bond motifs is 1. The molecule has 0 spiro atoms. The van der Waals surface area contributed by atoms with E-state index in [1.807, 2.05) is 37.3 Å². The molecule has 1 saturated carbocycles. The van der Waals surface area contributed by atoms with Crippen LogP contribution in [0.15, 0.2) is 54.6 Å². The Bertz CT molecular complexity index is 1150. The molecule has 3 aromatic rings. The molecule has 4 rings (SSSR count). The van der Waals surface area contributed by atoms with Crippen molar-refractivity contribution in [2.75, 3.05) is 0 Å². The van der Waals surface area contributed by atoms with E-state index in [2.05, 4.69) is 10.3 Å². The predicted octanol–water partition coefficient (Wildman–Crippen LogP) is 2.85. The van der Waals surface area contributed by atoms with Gasteiger partial charge in [-0.1, -0.05) is 24.6 Å². The Morgan fingerprint density at radius 1 is 1.15 bits per heavy atom. The van der Waals surface area contributed by atoms with E-state index in [1.165, 1.54) is 0 Å².